The fourth-order valence-electron chi connectivity index (χ4n) is 1.97. The number of ether oxygens (including phenoxy) is 2. The molecule has 0 fully saturated rings. The van der Waals surface area contributed by atoms with Gasteiger partial charge in [-0.2, -0.15) is 0 Å². The Hall–Kier alpha value is -0.880. The predicted octanol–water partition coefficient (Wildman–Crippen LogP) is 4.42. The molecule has 0 atom stereocenters. The third kappa shape index (κ3) is 6.48. The Morgan fingerprint density at radius 1 is 1.32 bits per heavy atom. The quantitative estimate of drug-likeness (QED) is 0.510. The molecule has 124 valence electrons. The molecule has 0 aromatic carbocycles. The summed E-state index contributed by atoms with van der Waals surface area (Å²) in [7, 11) is 0. The average molecular weight is 391 g/mol. The Bertz CT molecular complexity index is 522. The minimum atomic E-state index is -0.923. The molecule has 1 aromatic rings. The number of unbranched alkanes of at least 4 members (excludes halogenated alkanes) is 1. The topological polar surface area (TPSA) is 52.6 Å². The molecule has 1 aromatic heterocycles. The molecule has 0 saturated heterocycles. The van der Waals surface area contributed by atoms with Crippen molar-refractivity contribution in [3.8, 4) is 0 Å². The Kier molecular flexibility index (Phi) is 7.56. The number of rotatable bonds is 7. The largest absolute Gasteiger partial charge is 0.457 e. The van der Waals surface area contributed by atoms with Crippen molar-refractivity contribution in [1.82, 2.24) is 0 Å². The van der Waals surface area contributed by atoms with Crippen LogP contribution in [0.3, 0.4) is 0 Å². The zero-order chi connectivity index (χ0) is 16.8. The Balaban J connectivity index is 2.38. The third-order valence-corrected chi connectivity index (χ3v) is 5.03. The van der Waals surface area contributed by atoms with E-state index >= 15 is 0 Å². The van der Waals surface area contributed by atoms with E-state index in [2.05, 4.69) is 22.9 Å². The lowest BCUT2D eigenvalue weighted by Crippen LogP contribution is -2.33. The molecular weight excluding hydrogens is 368 g/mol. The number of halogens is 1. The number of esters is 2. The summed E-state index contributed by atoms with van der Waals surface area (Å²) in [6, 6.07) is 2.04. The van der Waals surface area contributed by atoms with Crippen molar-refractivity contribution in [3.63, 3.8) is 0 Å². The van der Waals surface area contributed by atoms with Gasteiger partial charge in [0.1, 0.15) is 5.60 Å². The highest BCUT2D eigenvalue weighted by atomic mass is 79.9. The Morgan fingerprint density at radius 3 is 2.55 bits per heavy atom. The van der Waals surface area contributed by atoms with Gasteiger partial charge in [-0.15, -0.1) is 11.3 Å². The van der Waals surface area contributed by atoms with Crippen molar-refractivity contribution < 1.29 is 19.1 Å². The molecule has 4 nitrogen and oxygen atoms in total. The van der Waals surface area contributed by atoms with Crippen LogP contribution in [0.1, 0.15) is 50.5 Å². The fraction of sp³-hybridized carbons (Fsp3) is 0.625. The molecular formula is C16H23BrO4S. The molecule has 0 aliphatic rings. The standard InChI is InChI=1S/C16H23BrO4S/c1-5-6-8-16(3,4)21-15(19)14(18)20-9-7-12-10-11(2)22-13(12)17/h10H,5-9H2,1-4H3. The summed E-state index contributed by atoms with van der Waals surface area (Å²) in [5.74, 6) is -1.84. The van der Waals surface area contributed by atoms with Crippen LogP contribution in [0.4, 0.5) is 0 Å². The Labute approximate surface area is 144 Å². The van der Waals surface area contributed by atoms with Gasteiger partial charge in [-0.25, -0.2) is 9.59 Å². The highest BCUT2D eigenvalue weighted by Gasteiger charge is 2.27. The fourth-order valence-corrected chi connectivity index (χ4v) is 3.82. The van der Waals surface area contributed by atoms with E-state index in [-0.39, 0.29) is 6.61 Å². The number of carbonyl (C=O) groups excluding carboxylic acids is 2. The molecule has 0 amide bonds. The molecule has 1 heterocycles. The minimum Gasteiger partial charge on any atom is -0.457 e. The highest BCUT2D eigenvalue weighted by Crippen LogP contribution is 2.27. The summed E-state index contributed by atoms with van der Waals surface area (Å²) >= 11 is 5.10. The first-order chi connectivity index (χ1) is 10.2. The van der Waals surface area contributed by atoms with Gasteiger partial charge >= 0.3 is 11.9 Å². The maximum Gasteiger partial charge on any atom is 0.418 e. The van der Waals surface area contributed by atoms with Gasteiger partial charge in [0.2, 0.25) is 0 Å². The third-order valence-electron chi connectivity index (χ3n) is 3.15. The molecule has 0 saturated carbocycles. The first-order valence-corrected chi connectivity index (χ1v) is 9.01. The van der Waals surface area contributed by atoms with Crippen molar-refractivity contribution in [2.75, 3.05) is 6.61 Å². The first-order valence-electron chi connectivity index (χ1n) is 7.40. The van der Waals surface area contributed by atoms with E-state index < -0.39 is 17.5 Å². The smallest absolute Gasteiger partial charge is 0.418 e. The number of thiophene rings is 1. The summed E-state index contributed by atoms with van der Waals surface area (Å²) in [4.78, 5) is 24.6. The van der Waals surface area contributed by atoms with Gasteiger partial charge in [-0.3, -0.25) is 0 Å². The van der Waals surface area contributed by atoms with Gasteiger partial charge in [0, 0.05) is 11.3 Å². The number of hydrogen-bond donors (Lipinski definition) is 0. The number of hydrogen-bond acceptors (Lipinski definition) is 5. The molecule has 0 unspecified atom stereocenters. The second-order valence-corrected chi connectivity index (χ2v) is 8.37. The van der Waals surface area contributed by atoms with Crippen LogP contribution >= 0.6 is 27.3 Å². The van der Waals surface area contributed by atoms with Gasteiger partial charge in [-0.1, -0.05) is 13.3 Å². The monoisotopic (exact) mass is 390 g/mol. The van der Waals surface area contributed by atoms with E-state index in [1.807, 2.05) is 13.0 Å². The molecule has 0 aliphatic carbocycles. The zero-order valence-corrected chi connectivity index (χ0v) is 15.9. The highest BCUT2D eigenvalue weighted by molar-refractivity contribution is 9.11. The molecule has 0 radical (unpaired) electrons. The normalized spacial score (nSPS) is 11.3. The van der Waals surface area contributed by atoms with Gasteiger partial charge in [-0.05, 0) is 61.2 Å². The maximum absolute atomic E-state index is 11.7. The number of carbonyl (C=O) groups is 2. The van der Waals surface area contributed by atoms with E-state index in [0.29, 0.717) is 6.42 Å². The van der Waals surface area contributed by atoms with E-state index in [9.17, 15) is 9.59 Å². The van der Waals surface area contributed by atoms with Crippen molar-refractivity contribution in [2.45, 2.75) is 59.0 Å². The van der Waals surface area contributed by atoms with Crippen LogP contribution in [0.5, 0.6) is 0 Å². The molecule has 0 aliphatic heterocycles. The number of aryl methyl sites for hydroxylation is 1. The second kappa shape index (κ2) is 8.67. The van der Waals surface area contributed by atoms with Gasteiger partial charge in [0.15, 0.2) is 0 Å². The predicted molar refractivity (Wildman–Crippen MR) is 91.1 cm³/mol. The van der Waals surface area contributed by atoms with Gasteiger partial charge in [0.05, 0.1) is 10.4 Å². The molecule has 1 rings (SSSR count). The first kappa shape index (κ1) is 19.2. The van der Waals surface area contributed by atoms with Crippen molar-refractivity contribution in [3.05, 3.63) is 20.3 Å². The second-order valence-electron chi connectivity index (χ2n) is 5.79. The van der Waals surface area contributed by atoms with Crippen LogP contribution in [0.25, 0.3) is 0 Å². The lowest BCUT2D eigenvalue weighted by atomic mass is 10.0. The van der Waals surface area contributed by atoms with Crippen LogP contribution < -0.4 is 0 Å². The van der Waals surface area contributed by atoms with E-state index in [1.165, 1.54) is 4.88 Å². The van der Waals surface area contributed by atoms with Crippen LogP contribution in [-0.2, 0) is 25.5 Å². The molecule has 6 heteroatoms. The van der Waals surface area contributed by atoms with Gasteiger partial charge < -0.3 is 9.47 Å². The Morgan fingerprint density at radius 2 is 2.00 bits per heavy atom. The maximum atomic E-state index is 11.7. The SMILES string of the molecule is CCCCC(C)(C)OC(=O)C(=O)OCCc1cc(C)sc1Br. The molecule has 0 spiro atoms. The summed E-state index contributed by atoms with van der Waals surface area (Å²) < 4.78 is 11.2. The zero-order valence-electron chi connectivity index (χ0n) is 13.5. The lowest BCUT2D eigenvalue weighted by Gasteiger charge is -2.24. The van der Waals surface area contributed by atoms with E-state index in [0.717, 1.165) is 28.6 Å². The van der Waals surface area contributed by atoms with Crippen LogP contribution in [0.2, 0.25) is 0 Å². The molecule has 0 bridgehead atoms. The molecule has 22 heavy (non-hydrogen) atoms. The summed E-state index contributed by atoms with van der Waals surface area (Å²) in [6.07, 6.45) is 3.26. The van der Waals surface area contributed by atoms with Crippen molar-refractivity contribution in [2.24, 2.45) is 0 Å². The van der Waals surface area contributed by atoms with Crippen molar-refractivity contribution >= 4 is 39.2 Å². The van der Waals surface area contributed by atoms with Crippen LogP contribution in [0.15, 0.2) is 9.85 Å². The minimum absolute atomic E-state index is 0.165. The average Bonchev–Trinajstić information content (AvgIpc) is 2.74. The lowest BCUT2D eigenvalue weighted by molar-refractivity contribution is -0.176. The van der Waals surface area contributed by atoms with E-state index in [1.54, 1.807) is 25.2 Å². The summed E-state index contributed by atoms with van der Waals surface area (Å²) in [6.45, 7) is 7.85. The van der Waals surface area contributed by atoms with Crippen LogP contribution in [-0.4, -0.2) is 24.1 Å². The van der Waals surface area contributed by atoms with Gasteiger partial charge in [0.25, 0.3) is 0 Å². The summed E-state index contributed by atoms with van der Waals surface area (Å²) in [5, 5.41) is 0. The summed E-state index contributed by atoms with van der Waals surface area (Å²) in [5.41, 5.74) is 0.437. The molecule has 0 N–H and O–H groups in total. The van der Waals surface area contributed by atoms with Crippen LogP contribution in [0, 0.1) is 6.92 Å². The van der Waals surface area contributed by atoms with Crippen molar-refractivity contribution in [1.29, 1.82) is 0 Å². The van der Waals surface area contributed by atoms with E-state index in [4.69, 9.17) is 9.47 Å².